The van der Waals surface area contributed by atoms with Gasteiger partial charge in [0, 0.05) is 0 Å². The van der Waals surface area contributed by atoms with E-state index in [1.54, 1.807) is 5.57 Å². The minimum atomic E-state index is -0.341. The summed E-state index contributed by atoms with van der Waals surface area (Å²) in [5.41, 5.74) is 1.79. The number of halogens is 2. The van der Waals surface area contributed by atoms with Crippen LogP contribution < -0.4 is 24.8 Å². The van der Waals surface area contributed by atoms with Crippen molar-refractivity contribution in [3.63, 3.8) is 0 Å². The second kappa shape index (κ2) is 9.03. The molecule has 130 valence electrons. The van der Waals surface area contributed by atoms with Gasteiger partial charge in [0.1, 0.15) is 0 Å². The molecule has 4 heteroatoms. The summed E-state index contributed by atoms with van der Waals surface area (Å²) < 4.78 is 1.14. The number of rotatable bonds is 3. The van der Waals surface area contributed by atoms with E-state index in [2.05, 4.69) is 55.6 Å². The van der Waals surface area contributed by atoms with Gasteiger partial charge in [-0.05, 0) is 0 Å². The largest absolute Gasteiger partial charge is 1.00 e. The van der Waals surface area contributed by atoms with E-state index in [4.69, 9.17) is 0 Å². The summed E-state index contributed by atoms with van der Waals surface area (Å²) in [7, 11) is 0. The molecule has 2 fully saturated rings. The third-order valence-corrected chi connectivity index (χ3v) is 17.1. The molecule has 0 aliphatic heterocycles. The average molecular weight is 459 g/mol. The molecule has 0 saturated heterocycles. The van der Waals surface area contributed by atoms with Gasteiger partial charge in [-0.1, -0.05) is 0 Å². The van der Waals surface area contributed by atoms with Gasteiger partial charge in [-0.25, -0.2) is 0 Å². The van der Waals surface area contributed by atoms with E-state index in [0.29, 0.717) is 0 Å². The van der Waals surface area contributed by atoms with Crippen molar-refractivity contribution in [1.29, 1.82) is 0 Å². The van der Waals surface area contributed by atoms with Gasteiger partial charge in [0.25, 0.3) is 0 Å². The van der Waals surface area contributed by atoms with Crippen LogP contribution in [0.3, 0.4) is 0 Å². The molecular formula is C20H28Cl2SiZr. The monoisotopic (exact) mass is 456 g/mol. The van der Waals surface area contributed by atoms with Gasteiger partial charge < -0.3 is 24.8 Å². The standard InChI is InChI=1S/C18H21.C2H7Si.2ClH.Zr/c1-2-7-13(6-1)15-10-5-11-17-16-9-4-3-8-14(16)12-18(15)17;1-3-2;;;/h1-4,6,8-9,12,14-18H,5,7,10-11H2;3H,1-2H3;2*1H;/q;;;;+2/p-2. The molecule has 24 heavy (non-hydrogen) atoms. The third kappa shape index (κ3) is 3.83. The van der Waals surface area contributed by atoms with Crippen LogP contribution in [0.1, 0.15) is 25.7 Å². The maximum absolute atomic E-state index is 2.63. The molecule has 4 aliphatic rings. The molecule has 6 unspecified atom stereocenters. The first-order chi connectivity index (χ1) is 10.8. The molecule has 0 bridgehead atoms. The summed E-state index contributed by atoms with van der Waals surface area (Å²) in [6, 6.07) is 0. The Hall–Kier alpha value is 0.640. The van der Waals surface area contributed by atoms with Gasteiger partial charge in [-0.15, -0.1) is 0 Å². The molecule has 4 rings (SSSR count). The first-order valence-corrected chi connectivity index (χ1v) is 17.8. The van der Waals surface area contributed by atoms with Crippen molar-refractivity contribution in [2.75, 3.05) is 0 Å². The van der Waals surface area contributed by atoms with Gasteiger partial charge >= 0.3 is 148 Å². The first-order valence-electron chi connectivity index (χ1n) is 9.22. The normalized spacial score (nSPS) is 38.7. The fourth-order valence-corrected chi connectivity index (χ4v) is 17.9. The Morgan fingerprint density at radius 1 is 1.00 bits per heavy atom. The van der Waals surface area contributed by atoms with Crippen LogP contribution in [-0.4, -0.2) is 5.92 Å². The van der Waals surface area contributed by atoms with Gasteiger partial charge in [-0.3, -0.25) is 0 Å². The zero-order valence-electron chi connectivity index (χ0n) is 14.7. The first kappa shape index (κ1) is 20.9. The summed E-state index contributed by atoms with van der Waals surface area (Å²) >= 11 is -0.178. The van der Waals surface area contributed by atoms with Crippen LogP contribution >= 0.6 is 0 Å². The smallest absolute Gasteiger partial charge is 1.00 e. The van der Waals surface area contributed by atoms with Crippen LogP contribution in [0.5, 0.6) is 0 Å². The van der Waals surface area contributed by atoms with Gasteiger partial charge in [0.15, 0.2) is 0 Å². The molecule has 0 amide bonds. The van der Waals surface area contributed by atoms with Crippen LogP contribution in [0.2, 0.25) is 16.7 Å². The number of fused-ring (bicyclic) bond motifs is 3. The van der Waals surface area contributed by atoms with Crippen molar-refractivity contribution < 1.29 is 47.2 Å². The van der Waals surface area contributed by atoms with Gasteiger partial charge in [0.2, 0.25) is 0 Å². The van der Waals surface area contributed by atoms with Crippen LogP contribution in [0.15, 0.2) is 48.1 Å². The van der Waals surface area contributed by atoms with Crippen LogP contribution in [0.25, 0.3) is 0 Å². The molecule has 0 N–H and O–H groups in total. The predicted molar refractivity (Wildman–Crippen MR) is 94.0 cm³/mol. The average Bonchev–Trinajstić information content (AvgIpc) is 3.15. The van der Waals surface area contributed by atoms with Crippen molar-refractivity contribution in [3.05, 3.63) is 48.1 Å². The van der Waals surface area contributed by atoms with Crippen molar-refractivity contribution >= 4 is 5.92 Å². The van der Waals surface area contributed by atoms with E-state index in [9.17, 15) is 0 Å². The summed E-state index contributed by atoms with van der Waals surface area (Å²) in [5, 5.41) is 0. The minimum Gasteiger partial charge on any atom is -1.00 e. The molecule has 6 atom stereocenters. The van der Waals surface area contributed by atoms with E-state index in [1.165, 1.54) is 25.7 Å². The Morgan fingerprint density at radius 3 is 2.42 bits per heavy atom. The molecule has 0 aromatic heterocycles. The zero-order valence-corrected chi connectivity index (χ0v) is 19.8. The molecule has 0 aromatic carbocycles. The third-order valence-electron chi connectivity index (χ3n) is 6.36. The topological polar surface area (TPSA) is 0 Å². The van der Waals surface area contributed by atoms with E-state index >= 15 is 0 Å². The fourth-order valence-electron chi connectivity index (χ4n) is 5.69. The van der Waals surface area contributed by atoms with Crippen LogP contribution in [0, 0.1) is 29.6 Å². The summed E-state index contributed by atoms with van der Waals surface area (Å²) in [4.78, 5) is 0. The van der Waals surface area contributed by atoms with E-state index in [0.717, 1.165) is 33.2 Å². The second-order valence-electron chi connectivity index (χ2n) is 7.92. The van der Waals surface area contributed by atoms with Gasteiger partial charge in [-0.2, -0.15) is 0 Å². The summed E-state index contributed by atoms with van der Waals surface area (Å²) in [6.07, 6.45) is 22.8. The molecule has 0 aromatic rings. The van der Waals surface area contributed by atoms with E-state index in [1.807, 2.05) is 0 Å². The molecular weight excluding hydrogens is 430 g/mol. The quantitative estimate of drug-likeness (QED) is 0.483. The van der Waals surface area contributed by atoms with E-state index < -0.39 is 0 Å². The van der Waals surface area contributed by atoms with Crippen LogP contribution in [-0.2, 0) is 22.4 Å². The number of hydrogen-bond donors (Lipinski definition) is 0. The van der Waals surface area contributed by atoms with Gasteiger partial charge in [0.05, 0.1) is 0 Å². The van der Waals surface area contributed by atoms with Crippen molar-refractivity contribution in [1.82, 2.24) is 0 Å². The molecule has 0 heterocycles. The Balaban J connectivity index is 0.00000104. The molecule has 0 radical (unpaired) electrons. The summed E-state index contributed by atoms with van der Waals surface area (Å²) in [6.45, 7) is 5.26. The Kier molecular flexibility index (Phi) is 7.88. The number of allylic oxidation sites excluding steroid dienone is 8. The minimum absolute atomic E-state index is 0. The molecule has 0 nitrogen and oxygen atoms in total. The maximum atomic E-state index is 2.63. The van der Waals surface area contributed by atoms with Crippen molar-refractivity contribution in [3.8, 4) is 0 Å². The molecule has 2 saturated carbocycles. The Bertz CT molecular complexity index is 552. The maximum Gasteiger partial charge on any atom is -1.00 e. The predicted octanol–water partition coefficient (Wildman–Crippen LogP) is -0.860. The molecule has 0 spiro atoms. The molecule has 4 aliphatic carbocycles. The fraction of sp³-hybridized carbons (Fsp3) is 0.600. The number of hydrogen-bond acceptors (Lipinski definition) is 0. The Morgan fingerprint density at radius 2 is 1.75 bits per heavy atom. The van der Waals surface area contributed by atoms with Crippen molar-refractivity contribution in [2.24, 2.45) is 29.6 Å². The second-order valence-corrected chi connectivity index (χ2v) is 23.2. The zero-order chi connectivity index (χ0) is 15.1. The van der Waals surface area contributed by atoms with Crippen LogP contribution in [0.4, 0.5) is 0 Å². The van der Waals surface area contributed by atoms with Crippen molar-refractivity contribution in [2.45, 2.75) is 42.4 Å². The Labute approximate surface area is 172 Å². The SMILES string of the molecule is C[SiH](C)[Zr+2][CH]1C2C=CC=CC2C2CCCC(C3=CC=CC3)C21.[Cl-].[Cl-]. The summed E-state index contributed by atoms with van der Waals surface area (Å²) in [5.74, 6) is 4.46. The van der Waals surface area contributed by atoms with E-state index in [-0.39, 0.29) is 53.1 Å².